The lowest BCUT2D eigenvalue weighted by Gasteiger charge is -2.18. The Morgan fingerprint density at radius 3 is 1.29 bits per heavy atom. The maximum absolute atomic E-state index is 12.8. The minimum atomic E-state index is -0.582. The van der Waals surface area contributed by atoms with Crippen LogP contribution in [0.5, 0.6) is 0 Å². The van der Waals surface area contributed by atoms with E-state index in [0.29, 0.717) is 25.9 Å². The minimum absolute atomic E-state index is 0.0315. The van der Waals surface area contributed by atoms with Crippen molar-refractivity contribution in [2.24, 2.45) is 0 Å². The molecule has 62 heavy (non-hydrogen) atoms. The second kappa shape index (κ2) is 51.9. The zero-order valence-electron chi connectivity index (χ0n) is 40.3. The maximum Gasteiger partial charge on any atom is 0.306 e. The SMILES string of the molecule is CC/C=C\C/C=C\C/C=C\C/C=C\C/C=C\C/C=C\CCC(=O)OCC(COCCCCCCCC/C=C\C/C=C\CCCCC)OC(=O)CCCCCCC/C=C\CCCC. The summed E-state index contributed by atoms with van der Waals surface area (Å²) >= 11 is 0. The third-order valence-corrected chi connectivity index (χ3v) is 10.3. The molecule has 1 unspecified atom stereocenters. The number of carbonyl (C=O) groups is 2. The number of rotatable bonds is 45. The fourth-order valence-corrected chi connectivity index (χ4v) is 6.49. The molecule has 0 aromatic rings. The van der Waals surface area contributed by atoms with Crippen LogP contribution in [0.3, 0.4) is 0 Å². The lowest BCUT2D eigenvalue weighted by Crippen LogP contribution is -2.30. The lowest BCUT2D eigenvalue weighted by molar-refractivity contribution is -0.162. The molecule has 0 saturated heterocycles. The van der Waals surface area contributed by atoms with Crippen molar-refractivity contribution in [2.45, 2.75) is 219 Å². The van der Waals surface area contributed by atoms with E-state index >= 15 is 0 Å². The van der Waals surface area contributed by atoms with Crippen LogP contribution in [0.25, 0.3) is 0 Å². The van der Waals surface area contributed by atoms with Crippen molar-refractivity contribution in [2.75, 3.05) is 19.8 Å². The first-order chi connectivity index (χ1) is 30.6. The number of allylic oxidation sites excluding steroid dienone is 18. The van der Waals surface area contributed by atoms with Crippen LogP contribution in [-0.2, 0) is 23.8 Å². The van der Waals surface area contributed by atoms with Crippen molar-refractivity contribution in [1.29, 1.82) is 0 Å². The molecule has 0 rings (SSSR count). The second-order valence-electron chi connectivity index (χ2n) is 16.3. The van der Waals surface area contributed by atoms with E-state index in [2.05, 4.69) is 124 Å². The van der Waals surface area contributed by atoms with E-state index in [1.54, 1.807) is 0 Å². The van der Waals surface area contributed by atoms with Gasteiger partial charge in [0.05, 0.1) is 6.61 Å². The molecule has 352 valence electrons. The molecule has 0 aromatic heterocycles. The van der Waals surface area contributed by atoms with Crippen LogP contribution < -0.4 is 0 Å². The summed E-state index contributed by atoms with van der Waals surface area (Å²) in [5, 5.41) is 0. The molecule has 0 saturated carbocycles. The van der Waals surface area contributed by atoms with Crippen LogP contribution >= 0.6 is 0 Å². The highest BCUT2D eigenvalue weighted by molar-refractivity contribution is 5.70. The number of hydrogen-bond donors (Lipinski definition) is 0. The quantitative estimate of drug-likeness (QED) is 0.0347. The number of carbonyl (C=O) groups excluding carboxylic acids is 2. The molecule has 1 atom stereocenters. The van der Waals surface area contributed by atoms with Gasteiger partial charge in [0.1, 0.15) is 6.61 Å². The molecule has 0 heterocycles. The molecule has 0 spiro atoms. The first-order valence-electron chi connectivity index (χ1n) is 25.4. The van der Waals surface area contributed by atoms with Gasteiger partial charge in [-0.15, -0.1) is 0 Å². The summed E-state index contributed by atoms with van der Waals surface area (Å²) in [6.07, 6.45) is 71.1. The first kappa shape index (κ1) is 58.6. The average Bonchev–Trinajstić information content (AvgIpc) is 3.27. The Hall–Kier alpha value is -3.44. The highest BCUT2D eigenvalue weighted by Gasteiger charge is 2.17. The van der Waals surface area contributed by atoms with E-state index in [4.69, 9.17) is 14.2 Å². The molecular weight excluding hydrogens is 765 g/mol. The minimum Gasteiger partial charge on any atom is -0.462 e. The molecule has 0 aliphatic heterocycles. The fourth-order valence-electron chi connectivity index (χ4n) is 6.49. The Morgan fingerprint density at radius 2 is 0.774 bits per heavy atom. The number of ether oxygens (including phenoxy) is 3. The van der Waals surface area contributed by atoms with Gasteiger partial charge in [0.15, 0.2) is 6.10 Å². The highest BCUT2D eigenvalue weighted by atomic mass is 16.6. The Bertz CT molecular complexity index is 1250. The van der Waals surface area contributed by atoms with Crippen LogP contribution in [0.2, 0.25) is 0 Å². The summed E-state index contributed by atoms with van der Waals surface area (Å²) in [7, 11) is 0. The number of unbranched alkanes of at least 4 members (excludes halogenated alkanes) is 16. The van der Waals surface area contributed by atoms with Crippen LogP contribution in [0, 0.1) is 0 Å². The maximum atomic E-state index is 12.8. The second-order valence-corrected chi connectivity index (χ2v) is 16.3. The molecule has 0 aliphatic carbocycles. The van der Waals surface area contributed by atoms with Crippen molar-refractivity contribution in [3.63, 3.8) is 0 Å². The van der Waals surface area contributed by atoms with Crippen LogP contribution in [0.15, 0.2) is 109 Å². The van der Waals surface area contributed by atoms with Crippen molar-refractivity contribution in [1.82, 2.24) is 0 Å². The molecule has 5 nitrogen and oxygen atoms in total. The summed E-state index contributed by atoms with van der Waals surface area (Å²) in [6.45, 7) is 7.53. The first-order valence-corrected chi connectivity index (χ1v) is 25.4. The van der Waals surface area contributed by atoms with E-state index in [0.717, 1.165) is 89.9 Å². The van der Waals surface area contributed by atoms with E-state index in [-0.39, 0.29) is 25.2 Å². The van der Waals surface area contributed by atoms with E-state index in [1.807, 2.05) is 6.08 Å². The summed E-state index contributed by atoms with van der Waals surface area (Å²) in [6, 6.07) is 0. The van der Waals surface area contributed by atoms with Crippen LogP contribution in [0.1, 0.15) is 213 Å². The largest absolute Gasteiger partial charge is 0.462 e. The summed E-state index contributed by atoms with van der Waals surface area (Å²) in [5.74, 6) is -0.517. The van der Waals surface area contributed by atoms with Gasteiger partial charge in [-0.25, -0.2) is 0 Å². The van der Waals surface area contributed by atoms with Gasteiger partial charge >= 0.3 is 11.9 Å². The summed E-state index contributed by atoms with van der Waals surface area (Å²) in [5.41, 5.74) is 0. The van der Waals surface area contributed by atoms with Gasteiger partial charge < -0.3 is 14.2 Å². The Kier molecular flexibility index (Phi) is 49.0. The predicted octanol–water partition coefficient (Wildman–Crippen LogP) is 17.2. The van der Waals surface area contributed by atoms with Gasteiger partial charge in [-0.1, -0.05) is 201 Å². The zero-order chi connectivity index (χ0) is 44.9. The van der Waals surface area contributed by atoms with E-state index < -0.39 is 6.10 Å². The molecule has 0 amide bonds. The average molecular weight is 859 g/mol. The van der Waals surface area contributed by atoms with Gasteiger partial charge in [0.2, 0.25) is 0 Å². The molecular formula is C57H94O5. The third kappa shape index (κ3) is 49.2. The standard InChI is InChI=1S/C57H94O5/c1-4-7-10-13-16-19-22-24-26-28-29-30-31-33-36-38-41-44-47-50-56(58)61-54-55(62-57(59)51-48-45-42-39-35-21-18-15-12-9-6-3)53-60-52-49-46-43-40-37-34-32-27-25-23-20-17-14-11-8-5-2/h7,10,15-20,24-27,29-30,33,36,41,44,55H,4-6,8-9,11-14,21-23,28,31-32,34-35,37-40,42-43,45-54H2,1-3H3/b10-7-,18-15-,19-16-,20-17-,26-24-,27-25-,30-29-,36-33-,44-41-. The zero-order valence-corrected chi connectivity index (χ0v) is 40.3. The van der Waals surface area contributed by atoms with Crippen molar-refractivity contribution >= 4 is 11.9 Å². The monoisotopic (exact) mass is 859 g/mol. The normalized spacial score (nSPS) is 13.1. The summed E-state index contributed by atoms with van der Waals surface area (Å²) in [4.78, 5) is 25.3. The molecule has 0 aromatic carbocycles. The fraction of sp³-hybridized carbons (Fsp3) is 0.649. The molecule has 0 radical (unpaired) electrons. The van der Waals surface area contributed by atoms with Gasteiger partial charge in [0.25, 0.3) is 0 Å². The predicted molar refractivity (Wildman–Crippen MR) is 269 cm³/mol. The van der Waals surface area contributed by atoms with Crippen molar-refractivity contribution < 1.29 is 23.8 Å². The Morgan fingerprint density at radius 1 is 0.371 bits per heavy atom. The molecule has 0 bridgehead atoms. The highest BCUT2D eigenvalue weighted by Crippen LogP contribution is 2.12. The molecule has 5 heteroatoms. The van der Waals surface area contributed by atoms with Crippen LogP contribution in [-0.4, -0.2) is 37.9 Å². The third-order valence-electron chi connectivity index (χ3n) is 10.3. The van der Waals surface area contributed by atoms with Crippen molar-refractivity contribution in [3.8, 4) is 0 Å². The van der Waals surface area contributed by atoms with Gasteiger partial charge in [-0.3, -0.25) is 9.59 Å². The number of hydrogen-bond acceptors (Lipinski definition) is 5. The smallest absolute Gasteiger partial charge is 0.306 e. The van der Waals surface area contributed by atoms with Gasteiger partial charge in [-0.05, 0) is 109 Å². The number of esters is 2. The van der Waals surface area contributed by atoms with E-state index in [9.17, 15) is 9.59 Å². The van der Waals surface area contributed by atoms with Crippen molar-refractivity contribution in [3.05, 3.63) is 109 Å². The summed E-state index contributed by atoms with van der Waals surface area (Å²) < 4.78 is 17.3. The lowest BCUT2D eigenvalue weighted by atomic mass is 10.1. The molecule has 0 aliphatic rings. The van der Waals surface area contributed by atoms with E-state index in [1.165, 1.54) is 83.5 Å². The van der Waals surface area contributed by atoms with Gasteiger partial charge in [0, 0.05) is 19.4 Å². The molecule has 0 N–H and O–H groups in total. The topological polar surface area (TPSA) is 61.8 Å². The Labute approximate surface area is 383 Å². The Balaban J connectivity index is 4.40. The van der Waals surface area contributed by atoms with Gasteiger partial charge in [-0.2, -0.15) is 0 Å². The molecule has 0 fully saturated rings. The van der Waals surface area contributed by atoms with Crippen LogP contribution in [0.4, 0.5) is 0 Å².